The molecular weight excluding hydrogens is 291 g/mol. The van der Waals surface area contributed by atoms with Gasteiger partial charge in [-0.2, -0.15) is 0 Å². The lowest BCUT2D eigenvalue weighted by atomic mass is 10.1. The number of benzene rings is 1. The van der Waals surface area contributed by atoms with E-state index in [1.807, 2.05) is 0 Å². The summed E-state index contributed by atoms with van der Waals surface area (Å²) < 4.78 is 22.7. The lowest BCUT2D eigenvalue weighted by Gasteiger charge is -2.17. The van der Waals surface area contributed by atoms with Crippen LogP contribution in [0.5, 0.6) is 0 Å². The quantitative estimate of drug-likeness (QED) is 0.798. The Labute approximate surface area is 110 Å². The largest absolute Gasteiger partial charge is 0.229 e. The van der Waals surface area contributed by atoms with Gasteiger partial charge in [0.15, 0.2) is 9.84 Å². The molecule has 0 amide bonds. The van der Waals surface area contributed by atoms with E-state index in [0.29, 0.717) is 15.6 Å². The first-order valence-corrected chi connectivity index (χ1v) is 7.66. The highest BCUT2D eigenvalue weighted by molar-refractivity contribution is 7.91. The molecule has 0 aliphatic carbocycles. The predicted octanol–water partition coefficient (Wildman–Crippen LogP) is 3.71. The third kappa shape index (κ3) is 3.27. The van der Waals surface area contributed by atoms with Crippen molar-refractivity contribution < 1.29 is 8.42 Å². The summed E-state index contributed by atoms with van der Waals surface area (Å²) in [6, 6.07) is 4.86. The first-order valence-electron chi connectivity index (χ1n) is 4.51. The van der Waals surface area contributed by atoms with E-state index in [4.69, 9.17) is 34.8 Å². The smallest absolute Gasteiger partial charge is 0.151 e. The van der Waals surface area contributed by atoms with Gasteiger partial charge in [-0.05, 0) is 24.6 Å². The molecule has 0 spiro atoms. The van der Waals surface area contributed by atoms with Crippen molar-refractivity contribution in [2.24, 2.45) is 0 Å². The fourth-order valence-corrected chi connectivity index (χ4v) is 2.77. The Morgan fingerprint density at radius 1 is 1.19 bits per heavy atom. The van der Waals surface area contributed by atoms with Crippen molar-refractivity contribution in [2.75, 3.05) is 6.26 Å². The standard InChI is InChI=1S/C10H11Cl3O2S/c1-6(16(2,14)15)10(13)7-3-4-8(11)9(12)5-7/h3-6,10H,1-2H3. The average Bonchev–Trinajstić information content (AvgIpc) is 2.18. The Balaban J connectivity index is 3.06. The molecule has 0 N–H and O–H groups in total. The lowest BCUT2D eigenvalue weighted by molar-refractivity contribution is 0.587. The zero-order chi connectivity index (χ0) is 12.5. The van der Waals surface area contributed by atoms with Gasteiger partial charge in [0.05, 0.1) is 20.7 Å². The maximum absolute atomic E-state index is 11.4. The van der Waals surface area contributed by atoms with Gasteiger partial charge in [-0.15, -0.1) is 11.6 Å². The summed E-state index contributed by atoms with van der Waals surface area (Å²) in [6.45, 7) is 1.56. The van der Waals surface area contributed by atoms with Crippen LogP contribution >= 0.6 is 34.8 Å². The Bertz CT molecular complexity index is 485. The minimum Gasteiger partial charge on any atom is -0.229 e. The van der Waals surface area contributed by atoms with E-state index in [9.17, 15) is 8.42 Å². The van der Waals surface area contributed by atoms with Crippen LogP contribution in [0.1, 0.15) is 17.9 Å². The van der Waals surface area contributed by atoms with Crippen molar-refractivity contribution in [3.05, 3.63) is 33.8 Å². The van der Waals surface area contributed by atoms with Crippen LogP contribution in [0.3, 0.4) is 0 Å². The molecule has 6 heteroatoms. The van der Waals surface area contributed by atoms with Gasteiger partial charge >= 0.3 is 0 Å². The maximum Gasteiger partial charge on any atom is 0.151 e. The van der Waals surface area contributed by atoms with Crippen molar-refractivity contribution in [1.29, 1.82) is 0 Å². The second kappa shape index (κ2) is 5.13. The molecular formula is C10H11Cl3O2S. The fraction of sp³-hybridized carbons (Fsp3) is 0.400. The molecule has 16 heavy (non-hydrogen) atoms. The first-order chi connectivity index (χ1) is 7.23. The molecule has 2 nitrogen and oxygen atoms in total. The van der Waals surface area contributed by atoms with Crippen LogP contribution in [0.2, 0.25) is 10.0 Å². The average molecular weight is 302 g/mol. The second-order valence-electron chi connectivity index (χ2n) is 3.61. The van der Waals surface area contributed by atoms with Crippen molar-refractivity contribution in [2.45, 2.75) is 17.6 Å². The number of sulfone groups is 1. The summed E-state index contributed by atoms with van der Waals surface area (Å²) in [5.41, 5.74) is 0.647. The molecule has 0 fully saturated rings. The number of hydrogen-bond acceptors (Lipinski definition) is 2. The molecule has 0 saturated heterocycles. The molecule has 0 heterocycles. The molecule has 1 aromatic carbocycles. The maximum atomic E-state index is 11.4. The summed E-state index contributed by atoms with van der Waals surface area (Å²) in [5.74, 6) is 0. The molecule has 1 rings (SSSR count). The minimum absolute atomic E-state index is 0.366. The van der Waals surface area contributed by atoms with E-state index >= 15 is 0 Å². The molecule has 1 aromatic rings. The van der Waals surface area contributed by atoms with Gasteiger partial charge in [0.2, 0.25) is 0 Å². The summed E-state index contributed by atoms with van der Waals surface area (Å²) in [5, 5.41) is -0.525. The van der Waals surface area contributed by atoms with Gasteiger partial charge in [-0.1, -0.05) is 29.3 Å². The monoisotopic (exact) mass is 300 g/mol. The Kier molecular flexibility index (Phi) is 4.52. The zero-order valence-electron chi connectivity index (χ0n) is 8.75. The zero-order valence-corrected chi connectivity index (χ0v) is 11.8. The van der Waals surface area contributed by atoms with Gasteiger partial charge in [0.1, 0.15) is 0 Å². The van der Waals surface area contributed by atoms with Crippen LogP contribution in [0.15, 0.2) is 18.2 Å². The van der Waals surface area contributed by atoms with E-state index in [2.05, 4.69) is 0 Å². The summed E-state index contributed by atoms with van der Waals surface area (Å²) in [4.78, 5) is 0. The Morgan fingerprint density at radius 2 is 1.75 bits per heavy atom. The van der Waals surface area contributed by atoms with Crippen molar-refractivity contribution in [3.63, 3.8) is 0 Å². The highest BCUT2D eigenvalue weighted by Crippen LogP contribution is 2.32. The number of rotatable bonds is 3. The van der Waals surface area contributed by atoms with E-state index < -0.39 is 20.5 Å². The highest BCUT2D eigenvalue weighted by Gasteiger charge is 2.25. The number of hydrogen-bond donors (Lipinski definition) is 0. The van der Waals surface area contributed by atoms with E-state index in [1.165, 1.54) is 0 Å². The van der Waals surface area contributed by atoms with Gasteiger partial charge in [0.25, 0.3) is 0 Å². The Hall–Kier alpha value is 0.0400. The number of halogens is 3. The van der Waals surface area contributed by atoms with Crippen molar-refractivity contribution >= 4 is 44.6 Å². The molecule has 0 aromatic heterocycles. The highest BCUT2D eigenvalue weighted by atomic mass is 35.5. The molecule has 90 valence electrons. The molecule has 2 atom stereocenters. The molecule has 0 aliphatic rings. The summed E-state index contributed by atoms with van der Waals surface area (Å²) >= 11 is 17.7. The third-order valence-electron chi connectivity index (χ3n) is 2.35. The van der Waals surface area contributed by atoms with Crippen LogP contribution in [0.4, 0.5) is 0 Å². The van der Waals surface area contributed by atoms with Crippen LogP contribution in [-0.2, 0) is 9.84 Å². The first kappa shape index (κ1) is 14.1. The van der Waals surface area contributed by atoms with Crippen LogP contribution in [0, 0.1) is 0 Å². The van der Waals surface area contributed by atoms with Gasteiger partial charge < -0.3 is 0 Å². The van der Waals surface area contributed by atoms with Crippen molar-refractivity contribution in [3.8, 4) is 0 Å². The van der Waals surface area contributed by atoms with Crippen molar-refractivity contribution in [1.82, 2.24) is 0 Å². The topological polar surface area (TPSA) is 34.1 Å². The predicted molar refractivity (Wildman–Crippen MR) is 69.4 cm³/mol. The molecule has 2 unspecified atom stereocenters. The van der Waals surface area contributed by atoms with E-state index in [1.54, 1.807) is 25.1 Å². The SMILES string of the molecule is CC(C(Cl)c1ccc(Cl)c(Cl)c1)S(C)(=O)=O. The summed E-state index contributed by atoms with van der Waals surface area (Å²) in [6.07, 6.45) is 1.16. The molecule has 0 aliphatic heterocycles. The van der Waals surface area contributed by atoms with Gasteiger partial charge in [-0.3, -0.25) is 0 Å². The number of alkyl halides is 1. The van der Waals surface area contributed by atoms with E-state index in [-0.39, 0.29) is 0 Å². The lowest BCUT2D eigenvalue weighted by Crippen LogP contribution is -2.21. The molecule has 0 bridgehead atoms. The van der Waals surface area contributed by atoms with Crippen LogP contribution < -0.4 is 0 Å². The second-order valence-corrected chi connectivity index (χ2v) is 7.30. The van der Waals surface area contributed by atoms with Gasteiger partial charge in [0, 0.05) is 6.26 Å². The molecule has 0 radical (unpaired) electrons. The van der Waals surface area contributed by atoms with Crippen LogP contribution in [0.25, 0.3) is 0 Å². The third-order valence-corrected chi connectivity index (χ3v) is 5.49. The van der Waals surface area contributed by atoms with Crippen LogP contribution in [-0.4, -0.2) is 19.9 Å². The summed E-state index contributed by atoms with van der Waals surface area (Å²) in [7, 11) is -3.18. The van der Waals surface area contributed by atoms with E-state index in [0.717, 1.165) is 6.26 Å². The van der Waals surface area contributed by atoms with Gasteiger partial charge in [-0.25, -0.2) is 8.42 Å². The normalized spacial score (nSPS) is 15.8. The Morgan fingerprint density at radius 3 is 2.19 bits per heavy atom. The minimum atomic E-state index is -3.18. The molecule has 0 saturated carbocycles. The fourth-order valence-electron chi connectivity index (χ4n) is 1.17.